The molecule has 0 spiro atoms. The van der Waals surface area contributed by atoms with Gasteiger partial charge in [-0.15, -0.1) is 0 Å². The van der Waals surface area contributed by atoms with Crippen LogP contribution in [0, 0.1) is 19.7 Å². The van der Waals surface area contributed by atoms with Crippen LogP contribution >= 0.6 is 11.6 Å². The van der Waals surface area contributed by atoms with Gasteiger partial charge in [0.2, 0.25) is 0 Å². The van der Waals surface area contributed by atoms with E-state index in [0.29, 0.717) is 17.0 Å². The van der Waals surface area contributed by atoms with Crippen molar-refractivity contribution in [2.45, 2.75) is 26.3 Å². The Kier molecular flexibility index (Phi) is 4.70. The number of halogens is 2. The highest BCUT2D eigenvalue weighted by molar-refractivity contribution is 6.31. The minimum atomic E-state index is -0.324. The second-order valence-corrected chi connectivity index (χ2v) is 5.16. The molecule has 1 aromatic carbocycles. The summed E-state index contributed by atoms with van der Waals surface area (Å²) in [5.74, 6) is 5.29. The fourth-order valence-electron chi connectivity index (χ4n) is 2.26. The number of hydrazine groups is 1. The summed E-state index contributed by atoms with van der Waals surface area (Å²) in [6.07, 6.45) is 0.369. The van der Waals surface area contributed by atoms with Gasteiger partial charge in [-0.05, 0) is 44.0 Å². The van der Waals surface area contributed by atoms with Crippen molar-refractivity contribution in [3.05, 3.63) is 63.7 Å². The van der Waals surface area contributed by atoms with E-state index in [1.165, 1.54) is 6.07 Å². The van der Waals surface area contributed by atoms with Crippen LogP contribution < -0.4 is 11.3 Å². The lowest BCUT2D eigenvalue weighted by molar-refractivity contribution is 0.525. The molecule has 2 rings (SSSR count). The molecular weight excluding hydrogens is 277 g/mol. The average Bonchev–Trinajstić information content (AvgIpc) is 2.40. The molecule has 3 N–H and O–H groups in total. The quantitative estimate of drug-likeness (QED) is 0.672. The lowest BCUT2D eigenvalue weighted by Gasteiger charge is -2.19. The van der Waals surface area contributed by atoms with Gasteiger partial charge >= 0.3 is 0 Å². The highest BCUT2D eigenvalue weighted by atomic mass is 35.5. The second kappa shape index (κ2) is 6.31. The largest absolute Gasteiger partial charge is 0.271 e. The Morgan fingerprint density at radius 1 is 1.30 bits per heavy atom. The fourth-order valence-corrected chi connectivity index (χ4v) is 2.50. The van der Waals surface area contributed by atoms with Gasteiger partial charge in [0, 0.05) is 22.0 Å². The molecule has 0 radical (unpaired) electrons. The van der Waals surface area contributed by atoms with E-state index in [9.17, 15) is 4.39 Å². The molecule has 1 unspecified atom stereocenters. The van der Waals surface area contributed by atoms with Crippen LogP contribution in [0.25, 0.3) is 0 Å². The summed E-state index contributed by atoms with van der Waals surface area (Å²) in [4.78, 5) is 4.41. The van der Waals surface area contributed by atoms with E-state index in [1.54, 1.807) is 12.1 Å². The summed E-state index contributed by atoms with van der Waals surface area (Å²) < 4.78 is 13.9. The molecular formula is C15H17ClFN3. The van der Waals surface area contributed by atoms with E-state index in [4.69, 9.17) is 17.4 Å². The Hall–Kier alpha value is -1.49. The van der Waals surface area contributed by atoms with Gasteiger partial charge in [-0.1, -0.05) is 23.7 Å². The van der Waals surface area contributed by atoms with Crippen molar-refractivity contribution in [1.29, 1.82) is 0 Å². The van der Waals surface area contributed by atoms with E-state index < -0.39 is 0 Å². The van der Waals surface area contributed by atoms with Crippen LogP contribution in [0.2, 0.25) is 5.02 Å². The Balaban J connectivity index is 2.34. The zero-order chi connectivity index (χ0) is 14.7. The van der Waals surface area contributed by atoms with Gasteiger partial charge in [0.1, 0.15) is 5.82 Å². The van der Waals surface area contributed by atoms with E-state index in [0.717, 1.165) is 17.0 Å². The number of nitrogens with two attached hydrogens (primary N) is 1. The maximum atomic E-state index is 13.9. The standard InChI is InChI=1S/C15H17ClFN3/c1-9-6-7-11(10(2)19-9)15(20-18)8-12-13(16)4-3-5-14(12)17/h3-7,15,20H,8,18H2,1-2H3. The SMILES string of the molecule is Cc1ccc(C(Cc2c(F)cccc2Cl)NN)c(C)n1. The first-order valence-electron chi connectivity index (χ1n) is 6.36. The Morgan fingerprint density at radius 2 is 2.05 bits per heavy atom. The highest BCUT2D eigenvalue weighted by Crippen LogP contribution is 2.26. The lowest BCUT2D eigenvalue weighted by Crippen LogP contribution is -2.30. The summed E-state index contributed by atoms with van der Waals surface area (Å²) in [5.41, 5.74) is 5.93. The van der Waals surface area contributed by atoms with Crippen molar-refractivity contribution >= 4 is 11.6 Å². The molecule has 1 aromatic heterocycles. The average molecular weight is 294 g/mol. The normalized spacial score (nSPS) is 12.4. The number of nitrogens with one attached hydrogen (secondary N) is 1. The number of rotatable bonds is 4. The van der Waals surface area contributed by atoms with Gasteiger partial charge in [-0.2, -0.15) is 0 Å². The molecule has 3 nitrogen and oxygen atoms in total. The number of nitrogens with zero attached hydrogens (tertiary/aromatic N) is 1. The number of aromatic nitrogens is 1. The van der Waals surface area contributed by atoms with E-state index in [1.807, 2.05) is 26.0 Å². The molecule has 0 aliphatic carbocycles. The zero-order valence-electron chi connectivity index (χ0n) is 11.5. The third-order valence-electron chi connectivity index (χ3n) is 3.31. The molecule has 106 valence electrons. The van der Waals surface area contributed by atoms with Gasteiger partial charge in [-0.25, -0.2) is 4.39 Å². The van der Waals surface area contributed by atoms with Gasteiger partial charge in [-0.3, -0.25) is 16.3 Å². The van der Waals surface area contributed by atoms with Gasteiger partial charge in [0.25, 0.3) is 0 Å². The minimum Gasteiger partial charge on any atom is -0.271 e. The van der Waals surface area contributed by atoms with Crippen LogP contribution in [0.3, 0.4) is 0 Å². The highest BCUT2D eigenvalue weighted by Gasteiger charge is 2.17. The van der Waals surface area contributed by atoms with Crippen LogP contribution in [0.4, 0.5) is 4.39 Å². The van der Waals surface area contributed by atoms with Crippen molar-refractivity contribution in [3.8, 4) is 0 Å². The predicted octanol–water partition coefficient (Wildman–Crippen LogP) is 3.24. The van der Waals surface area contributed by atoms with Gasteiger partial charge in [0.05, 0.1) is 6.04 Å². The molecule has 2 aromatic rings. The number of aryl methyl sites for hydroxylation is 2. The van der Waals surface area contributed by atoms with Crippen molar-refractivity contribution in [2.24, 2.45) is 5.84 Å². The summed E-state index contributed by atoms with van der Waals surface area (Å²) in [5, 5.41) is 0.406. The number of benzene rings is 1. The Labute approximate surface area is 122 Å². The molecule has 1 heterocycles. The van der Waals surface area contributed by atoms with Crippen molar-refractivity contribution in [3.63, 3.8) is 0 Å². The first-order chi connectivity index (χ1) is 9.52. The monoisotopic (exact) mass is 293 g/mol. The Morgan fingerprint density at radius 3 is 2.65 bits per heavy atom. The van der Waals surface area contributed by atoms with Gasteiger partial charge in [0.15, 0.2) is 0 Å². The van der Waals surface area contributed by atoms with Gasteiger partial charge < -0.3 is 0 Å². The lowest BCUT2D eigenvalue weighted by atomic mass is 9.97. The molecule has 0 saturated carbocycles. The fraction of sp³-hybridized carbons (Fsp3) is 0.267. The maximum absolute atomic E-state index is 13.9. The third-order valence-corrected chi connectivity index (χ3v) is 3.67. The molecule has 1 atom stereocenters. The predicted molar refractivity (Wildman–Crippen MR) is 78.9 cm³/mol. The summed E-state index contributed by atoms with van der Waals surface area (Å²) in [6, 6.07) is 8.29. The van der Waals surface area contributed by atoms with E-state index in [-0.39, 0.29) is 11.9 Å². The minimum absolute atomic E-state index is 0.238. The zero-order valence-corrected chi connectivity index (χ0v) is 12.2. The first kappa shape index (κ1) is 14.9. The topological polar surface area (TPSA) is 50.9 Å². The molecule has 0 fully saturated rings. The number of hydrogen-bond acceptors (Lipinski definition) is 3. The van der Waals surface area contributed by atoms with Crippen molar-refractivity contribution in [1.82, 2.24) is 10.4 Å². The molecule has 0 aliphatic heterocycles. The van der Waals surface area contributed by atoms with Crippen LogP contribution in [0.15, 0.2) is 30.3 Å². The van der Waals surface area contributed by atoms with Crippen LogP contribution in [0.1, 0.15) is 28.6 Å². The van der Waals surface area contributed by atoms with Crippen LogP contribution in [0.5, 0.6) is 0 Å². The molecule has 0 amide bonds. The molecule has 20 heavy (non-hydrogen) atoms. The molecule has 0 bridgehead atoms. The van der Waals surface area contributed by atoms with Crippen LogP contribution in [-0.2, 0) is 6.42 Å². The van der Waals surface area contributed by atoms with Crippen LogP contribution in [-0.4, -0.2) is 4.98 Å². The first-order valence-corrected chi connectivity index (χ1v) is 6.74. The summed E-state index contributed by atoms with van der Waals surface area (Å²) in [6.45, 7) is 3.84. The Bertz CT molecular complexity index is 596. The molecule has 0 saturated heterocycles. The second-order valence-electron chi connectivity index (χ2n) is 4.75. The third kappa shape index (κ3) is 3.15. The molecule has 5 heteroatoms. The van der Waals surface area contributed by atoms with E-state index in [2.05, 4.69) is 10.4 Å². The van der Waals surface area contributed by atoms with Crippen molar-refractivity contribution in [2.75, 3.05) is 0 Å². The molecule has 0 aliphatic rings. The number of pyridine rings is 1. The smallest absolute Gasteiger partial charge is 0.127 e. The summed E-state index contributed by atoms with van der Waals surface area (Å²) in [7, 11) is 0. The number of hydrogen-bond donors (Lipinski definition) is 2. The summed E-state index contributed by atoms with van der Waals surface area (Å²) >= 11 is 6.06. The van der Waals surface area contributed by atoms with Crippen molar-refractivity contribution < 1.29 is 4.39 Å². The maximum Gasteiger partial charge on any atom is 0.127 e. The van der Waals surface area contributed by atoms with E-state index >= 15 is 0 Å².